The van der Waals surface area contributed by atoms with Gasteiger partial charge in [0.15, 0.2) is 18.1 Å². The maximum Gasteiger partial charge on any atom is 0.183 e. The molecule has 0 fully saturated rings. The lowest BCUT2D eigenvalue weighted by Gasteiger charge is -2.05. The van der Waals surface area contributed by atoms with Crippen LogP contribution >= 0.6 is 0 Å². The van der Waals surface area contributed by atoms with E-state index in [0.717, 1.165) is 5.56 Å². The minimum Gasteiger partial charge on any atom is -0.744 e. The first-order valence-corrected chi connectivity index (χ1v) is 9.50. The van der Waals surface area contributed by atoms with Crippen molar-refractivity contribution in [3.8, 4) is 0 Å². The summed E-state index contributed by atoms with van der Waals surface area (Å²) >= 11 is 0. The molecule has 0 atom stereocenters. The smallest absolute Gasteiger partial charge is 0.183 e. The molecular weight excluding hydrogens is 346 g/mol. The van der Waals surface area contributed by atoms with Crippen molar-refractivity contribution >= 4 is 22.4 Å². The van der Waals surface area contributed by atoms with E-state index in [-0.39, 0.29) is 4.90 Å². The maximum atomic E-state index is 10.4. The molecular formula is C21H21NO3S. The van der Waals surface area contributed by atoms with E-state index in [9.17, 15) is 13.0 Å². The van der Waals surface area contributed by atoms with E-state index < -0.39 is 10.1 Å². The van der Waals surface area contributed by atoms with Gasteiger partial charge in [-0.05, 0) is 24.6 Å². The second-order valence-electron chi connectivity index (χ2n) is 5.74. The molecule has 0 unspecified atom stereocenters. The maximum absolute atomic E-state index is 10.4. The molecule has 0 saturated carbocycles. The molecule has 26 heavy (non-hydrogen) atoms. The Kier molecular flexibility index (Phi) is 6.83. The molecule has 1 aromatic heterocycles. The van der Waals surface area contributed by atoms with Gasteiger partial charge in [0, 0.05) is 25.1 Å². The van der Waals surface area contributed by atoms with Gasteiger partial charge in [-0.25, -0.2) is 8.42 Å². The predicted molar refractivity (Wildman–Crippen MR) is 102 cm³/mol. The topological polar surface area (TPSA) is 61.1 Å². The average molecular weight is 367 g/mol. The van der Waals surface area contributed by atoms with Crippen LogP contribution in [0.25, 0.3) is 12.3 Å². The quantitative estimate of drug-likeness (QED) is 0.522. The zero-order valence-corrected chi connectivity index (χ0v) is 15.6. The highest BCUT2D eigenvalue weighted by atomic mass is 32.2. The monoisotopic (exact) mass is 367 g/mol. The summed E-state index contributed by atoms with van der Waals surface area (Å²) in [6.07, 6.45) is 6.23. The van der Waals surface area contributed by atoms with Crippen molar-refractivity contribution in [2.75, 3.05) is 0 Å². The molecule has 0 bridgehead atoms. The first kappa shape index (κ1) is 19.6. The van der Waals surface area contributed by atoms with E-state index in [4.69, 9.17) is 0 Å². The van der Waals surface area contributed by atoms with Gasteiger partial charge in [0.05, 0.1) is 4.90 Å². The Morgan fingerprint density at radius 2 is 1.46 bits per heavy atom. The Morgan fingerprint density at radius 3 is 2.04 bits per heavy atom. The van der Waals surface area contributed by atoms with Crippen molar-refractivity contribution in [2.24, 2.45) is 0 Å². The summed E-state index contributed by atoms with van der Waals surface area (Å²) < 4.78 is 33.3. The summed E-state index contributed by atoms with van der Waals surface area (Å²) in [4.78, 5) is -0.178. The highest BCUT2D eigenvalue weighted by Crippen LogP contribution is 2.08. The van der Waals surface area contributed by atoms with Crippen LogP contribution in [0.2, 0.25) is 0 Å². The molecule has 3 rings (SSSR count). The molecule has 134 valence electrons. The van der Waals surface area contributed by atoms with Crippen molar-refractivity contribution in [3.63, 3.8) is 0 Å². The predicted octanol–water partition coefficient (Wildman–Crippen LogP) is 3.81. The Labute approximate surface area is 154 Å². The number of rotatable bonds is 3. The van der Waals surface area contributed by atoms with Gasteiger partial charge in [-0.15, -0.1) is 0 Å². The van der Waals surface area contributed by atoms with E-state index >= 15 is 0 Å². The standard InChI is InChI=1S/C14H14N.C7H8O3S/c1-13-7-5-6-11-15(13)12-10-14-8-3-2-4-9-14;1-6-2-4-7(5-3-6)11(8,9)10/h2-12H,1H3;2-5H,1H3,(H,8,9,10)/q+1;/p-1. The summed E-state index contributed by atoms with van der Waals surface area (Å²) in [5, 5.41) is 0. The van der Waals surface area contributed by atoms with E-state index in [1.54, 1.807) is 12.1 Å². The lowest BCUT2D eigenvalue weighted by Crippen LogP contribution is -2.28. The third-order valence-corrected chi connectivity index (χ3v) is 4.49. The Balaban J connectivity index is 0.000000197. The Morgan fingerprint density at radius 1 is 0.846 bits per heavy atom. The molecule has 0 amide bonds. The number of aromatic nitrogens is 1. The van der Waals surface area contributed by atoms with Gasteiger partial charge in [0.2, 0.25) is 0 Å². The minimum atomic E-state index is -4.27. The zero-order valence-electron chi connectivity index (χ0n) is 14.7. The van der Waals surface area contributed by atoms with Crippen LogP contribution < -0.4 is 4.57 Å². The summed E-state index contributed by atoms with van der Waals surface area (Å²) in [6, 6.07) is 22.2. The van der Waals surface area contributed by atoms with Gasteiger partial charge >= 0.3 is 0 Å². The number of hydrogen-bond acceptors (Lipinski definition) is 3. The number of benzene rings is 2. The van der Waals surface area contributed by atoms with Gasteiger partial charge in [-0.1, -0.05) is 54.1 Å². The Hall–Kier alpha value is -2.76. The molecule has 0 spiro atoms. The van der Waals surface area contributed by atoms with Crippen LogP contribution in [0, 0.1) is 13.8 Å². The fourth-order valence-electron chi connectivity index (χ4n) is 2.14. The average Bonchev–Trinajstić information content (AvgIpc) is 2.62. The van der Waals surface area contributed by atoms with E-state index in [1.165, 1.54) is 23.4 Å². The van der Waals surface area contributed by atoms with Crippen LogP contribution in [0.5, 0.6) is 0 Å². The lowest BCUT2D eigenvalue weighted by atomic mass is 10.2. The fraction of sp³-hybridized carbons (Fsp3) is 0.0952. The summed E-state index contributed by atoms with van der Waals surface area (Å²) in [5.74, 6) is 0. The molecule has 2 aromatic carbocycles. The highest BCUT2D eigenvalue weighted by molar-refractivity contribution is 7.85. The van der Waals surface area contributed by atoms with Gasteiger partial charge in [0.25, 0.3) is 0 Å². The number of nitrogens with zero attached hydrogens (tertiary/aromatic N) is 1. The van der Waals surface area contributed by atoms with Crippen LogP contribution in [-0.4, -0.2) is 13.0 Å². The van der Waals surface area contributed by atoms with Crippen molar-refractivity contribution in [1.29, 1.82) is 0 Å². The fourth-order valence-corrected chi connectivity index (χ4v) is 2.61. The van der Waals surface area contributed by atoms with E-state index in [1.807, 2.05) is 37.3 Å². The molecule has 0 radical (unpaired) electrons. The van der Waals surface area contributed by atoms with Crippen molar-refractivity contribution in [1.82, 2.24) is 0 Å². The highest BCUT2D eigenvalue weighted by Gasteiger charge is 1.98. The molecule has 0 N–H and O–H groups in total. The van der Waals surface area contributed by atoms with Crippen LogP contribution in [0.1, 0.15) is 16.8 Å². The van der Waals surface area contributed by atoms with Crippen LogP contribution in [0.3, 0.4) is 0 Å². The number of aryl methyl sites for hydroxylation is 2. The number of hydrogen-bond donors (Lipinski definition) is 0. The normalized spacial score (nSPS) is 11.0. The molecule has 0 saturated heterocycles. The molecule has 0 aliphatic heterocycles. The first-order valence-electron chi connectivity index (χ1n) is 8.09. The van der Waals surface area contributed by atoms with Gasteiger partial charge in [-0.3, -0.25) is 0 Å². The zero-order chi connectivity index (χ0) is 19.0. The second kappa shape index (κ2) is 9.08. The molecule has 1 heterocycles. The largest absolute Gasteiger partial charge is 0.744 e. The molecule has 0 aliphatic carbocycles. The van der Waals surface area contributed by atoms with Crippen LogP contribution in [0.4, 0.5) is 0 Å². The second-order valence-corrected chi connectivity index (χ2v) is 7.12. The van der Waals surface area contributed by atoms with E-state index in [2.05, 4.69) is 48.2 Å². The van der Waals surface area contributed by atoms with Crippen molar-refractivity contribution < 1.29 is 17.5 Å². The van der Waals surface area contributed by atoms with Crippen LogP contribution in [0.15, 0.2) is 83.9 Å². The SMILES string of the molecule is Cc1ccc(S(=O)(=O)[O-])cc1.Cc1cccc[n+]1C=Cc1ccccc1. The van der Waals surface area contributed by atoms with E-state index in [0.29, 0.717) is 0 Å². The van der Waals surface area contributed by atoms with Crippen molar-refractivity contribution in [3.05, 3.63) is 95.8 Å². The van der Waals surface area contributed by atoms with Gasteiger partial charge < -0.3 is 4.55 Å². The minimum absolute atomic E-state index is 0.178. The lowest BCUT2D eigenvalue weighted by molar-refractivity contribution is -0.574. The number of pyridine rings is 1. The first-order chi connectivity index (χ1) is 12.4. The van der Waals surface area contributed by atoms with Crippen molar-refractivity contribution in [2.45, 2.75) is 18.7 Å². The summed E-state index contributed by atoms with van der Waals surface area (Å²) in [7, 11) is -4.27. The molecule has 5 heteroatoms. The molecule has 3 aromatic rings. The molecule has 0 aliphatic rings. The third kappa shape index (κ3) is 6.27. The summed E-state index contributed by atoms with van der Waals surface area (Å²) in [6.45, 7) is 3.91. The van der Waals surface area contributed by atoms with Gasteiger partial charge in [0.1, 0.15) is 10.1 Å². The van der Waals surface area contributed by atoms with Gasteiger partial charge in [-0.2, -0.15) is 4.57 Å². The summed E-state index contributed by atoms with van der Waals surface area (Å²) in [5.41, 5.74) is 3.37. The Bertz CT molecular complexity index is 964. The third-order valence-electron chi connectivity index (χ3n) is 3.64. The molecule has 4 nitrogen and oxygen atoms in total. The van der Waals surface area contributed by atoms with Crippen LogP contribution in [-0.2, 0) is 10.1 Å².